The van der Waals surface area contributed by atoms with Gasteiger partial charge in [0.15, 0.2) is 0 Å². The van der Waals surface area contributed by atoms with Crippen LogP contribution in [0, 0.1) is 5.92 Å². The Labute approximate surface area is 681 Å². The molecule has 0 bridgehead atoms. The molecular weight excluding hydrogens is 1490 g/mol. The Morgan fingerprint density at radius 1 is 0.325 bits per heavy atom. The quantitative estimate of drug-likeness (QED) is 0.0339. The highest BCUT2D eigenvalue weighted by Gasteiger charge is 2.35. The Kier molecular flexibility index (Phi) is 75.6. The molecule has 114 heavy (non-hydrogen) atoms. The molecule has 668 valence electrons. The zero-order valence-electron chi connectivity index (χ0n) is 70.5. The summed E-state index contributed by atoms with van der Waals surface area (Å²) in [5.41, 5.74) is 0. The van der Waals surface area contributed by atoms with E-state index in [4.69, 9.17) is 75.8 Å². The zero-order valence-corrected chi connectivity index (χ0v) is 70.5. The first-order valence-corrected chi connectivity index (χ1v) is 42.7. The van der Waals surface area contributed by atoms with Crippen molar-refractivity contribution in [2.75, 3.05) is 252 Å². The van der Waals surface area contributed by atoms with E-state index in [1.165, 1.54) is 77.0 Å². The van der Waals surface area contributed by atoms with Crippen molar-refractivity contribution in [1.29, 1.82) is 0 Å². The number of nitrogens with one attached hydrogen (secondary N) is 5. The van der Waals surface area contributed by atoms with Crippen molar-refractivity contribution < 1.29 is 124 Å². The molecule has 33 nitrogen and oxygen atoms in total. The van der Waals surface area contributed by atoms with Gasteiger partial charge in [0, 0.05) is 65.5 Å². The second-order valence-corrected chi connectivity index (χ2v) is 28.3. The summed E-state index contributed by atoms with van der Waals surface area (Å²) in [7, 11) is 3.59. The number of methoxy groups -OCH3 is 1. The van der Waals surface area contributed by atoms with Gasteiger partial charge in [-0.05, 0) is 51.5 Å². The highest BCUT2D eigenvalue weighted by molar-refractivity contribution is 5.96. The fourth-order valence-electron chi connectivity index (χ4n) is 11.6. The van der Waals surface area contributed by atoms with Crippen LogP contribution in [-0.2, 0) is 114 Å². The number of amides is 6. The molecule has 6 amide bonds. The lowest BCUT2D eigenvalue weighted by Crippen LogP contribution is -2.60. The molecule has 1 saturated heterocycles. The van der Waals surface area contributed by atoms with Gasteiger partial charge < -0.3 is 122 Å². The number of rotatable bonds is 87. The highest BCUT2D eigenvalue weighted by Crippen LogP contribution is 2.17. The van der Waals surface area contributed by atoms with Gasteiger partial charge in [0.1, 0.15) is 24.2 Å². The van der Waals surface area contributed by atoms with Crippen molar-refractivity contribution in [1.82, 2.24) is 36.4 Å². The molecule has 1 aliphatic heterocycles. The van der Waals surface area contributed by atoms with Crippen LogP contribution >= 0.6 is 0 Å². The van der Waals surface area contributed by atoms with Crippen LogP contribution in [-0.4, -0.2) is 343 Å². The number of ether oxygens (including phenoxy) is 16. The second-order valence-electron chi connectivity index (χ2n) is 28.3. The van der Waals surface area contributed by atoms with Gasteiger partial charge in [-0.15, -0.1) is 0 Å². The van der Waals surface area contributed by atoms with E-state index in [-0.39, 0.29) is 57.1 Å². The SMILES string of the molecule is CCCCCCCCCCCCCCCCCCCC(=O)NC(CCC(=O)O)C(=O)N[C@@H](CCC(=O)O)C(=O)N[C@H](C(=O)N[C@@H](CCCCNC(=O)CCOCCOCCOCCOCCOCCOCCOCCOCCOCCOCCOCCOCCOCCOCCOCCOC)C(=O)N1CCN(C)CC1)[C@@H](C)CC. The molecule has 1 unspecified atom stereocenters. The van der Waals surface area contributed by atoms with Gasteiger partial charge in [-0.25, -0.2) is 0 Å². The molecule has 1 aliphatic rings. The van der Waals surface area contributed by atoms with E-state index in [1.54, 1.807) is 18.9 Å². The lowest BCUT2D eigenvalue weighted by molar-refractivity contribution is -0.140. The summed E-state index contributed by atoms with van der Waals surface area (Å²) in [4.78, 5) is 110. The number of aliphatic carboxylic acids is 2. The van der Waals surface area contributed by atoms with E-state index < -0.39 is 78.5 Å². The lowest BCUT2D eigenvalue weighted by Gasteiger charge is -2.35. The first kappa shape index (κ1) is 107. The van der Waals surface area contributed by atoms with E-state index in [2.05, 4.69) is 38.4 Å². The van der Waals surface area contributed by atoms with Crippen molar-refractivity contribution in [3.05, 3.63) is 0 Å². The van der Waals surface area contributed by atoms with Gasteiger partial charge in [-0.1, -0.05) is 130 Å². The number of hydrogen-bond acceptors (Lipinski definition) is 25. The fourth-order valence-corrected chi connectivity index (χ4v) is 11.6. The summed E-state index contributed by atoms with van der Waals surface area (Å²) in [6.45, 7) is 22.1. The molecule has 0 saturated carbocycles. The highest BCUT2D eigenvalue weighted by atomic mass is 16.6. The third-order valence-corrected chi connectivity index (χ3v) is 18.7. The van der Waals surface area contributed by atoms with Crippen LogP contribution in [0.1, 0.15) is 194 Å². The van der Waals surface area contributed by atoms with Crippen molar-refractivity contribution in [3.8, 4) is 0 Å². The average molecular weight is 1640 g/mol. The molecule has 7 N–H and O–H groups in total. The van der Waals surface area contributed by atoms with Gasteiger partial charge in [0.2, 0.25) is 35.4 Å². The minimum absolute atomic E-state index is 0.115. The second kappa shape index (κ2) is 80.5. The number of likely N-dealkylation sites (N-methyl/N-ethyl adjacent to an activating group) is 1. The number of hydrogen-bond donors (Lipinski definition) is 7. The predicted octanol–water partition coefficient (Wildman–Crippen LogP) is 6.09. The zero-order chi connectivity index (χ0) is 83.1. The molecule has 5 atom stereocenters. The van der Waals surface area contributed by atoms with Crippen LogP contribution in [0.15, 0.2) is 0 Å². The summed E-state index contributed by atoms with van der Waals surface area (Å²) < 4.78 is 87.6. The number of carbonyl (C=O) groups excluding carboxylic acids is 6. The molecule has 1 heterocycles. The average Bonchev–Trinajstić information content (AvgIpc) is 0.840. The van der Waals surface area contributed by atoms with Crippen LogP contribution in [0.2, 0.25) is 0 Å². The largest absolute Gasteiger partial charge is 0.481 e. The molecule has 0 radical (unpaired) electrons. The minimum Gasteiger partial charge on any atom is -0.481 e. The van der Waals surface area contributed by atoms with E-state index in [0.29, 0.717) is 250 Å². The maximum atomic E-state index is 14.4. The minimum atomic E-state index is -1.49. The van der Waals surface area contributed by atoms with Crippen LogP contribution in [0.25, 0.3) is 0 Å². The number of piperazine rings is 1. The Morgan fingerprint density at radius 3 is 0.982 bits per heavy atom. The first-order chi connectivity index (χ1) is 55.6. The van der Waals surface area contributed by atoms with Gasteiger partial charge in [-0.3, -0.25) is 38.4 Å². The number of carboxylic acid groups (broad SMARTS) is 2. The van der Waals surface area contributed by atoms with Gasteiger partial charge in [0.05, 0.1) is 205 Å². The molecule has 0 aromatic rings. The van der Waals surface area contributed by atoms with Crippen molar-refractivity contribution in [2.45, 2.75) is 218 Å². The Balaban J connectivity index is 2.27. The normalized spacial score (nSPS) is 13.8. The fraction of sp³-hybridized carbons (Fsp3) is 0.901. The summed E-state index contributed by atoms with van der Waals surface area (Å²) in [6, 6.07) is -5.03. The summed E-state index contributed by atoms with van der Waals surface area (Å²) in [6.07, 6.45) is 20.3. The number of unbranched alkanes of at least 4 members (excludes halogenated alkanes) is 17. The number of nitrogens with zero attached hydrogens (tertiary/aromatic N) is 2. The Bertz CT molecular complexity index is 2300. The van der Waals surface area contributed by atoms with Crippen LogP contribution in [0.3, 0.4) is 0 Å². The summed E-state index contributed by atoms with van der Waals surface area (Å²) in [5.74, 6) is -6.28. The molecule has 33 heteroatoms. The molecule has 0 aromatic carbocycles. The molecule has 1 fully saturated rings. The van der Waals surface area contributed by atoms with Crippen LogP contribution < -0.4 is 26.6 Å². The third-order valence-electron chi connectivity index (χ3n) is 18.7. The van der Waals surface area contributed by atoms with Crippen LogP contribution in [0.5, 0.6) is 0 Å². The van der Waals surface area contributed by atoms with Gasteiger partial charge >= 0.3 is 11.9 Å². The summed E-state index contributed by atoms with van der Waals surface area (Å²) in [5, 5.41) is 32.9. The van der Waals surface area contributed by atoms with Crippen LogP contribution in [0.4, 0.5) is 0 Å². The third kappa shape index (κ3) is 68.0. The number of carbonyl (C=O) groups is 8. The van der Waals surface area contributed by atoms with Crippen molar-refractivity contribution in [3.63, 3.8) is 0 Å². The van der Waals surface area contributed by atoms with Crippen molar-refractivity contribution in [2.24, 2.45) is 5.92 Å². The summed E-state index contributed by atoms with van der Waals surface area (Å²) >= 11 is 0. The molecular formula is C81H153N7O26. The Hall–Kier alpha value is -4.92. The van der Waals surface area contributed by atoms with Gasteiger partial charge in [0.25, 0.3) is 0 Å². The first-order valence-electron chi connectivity index (χ1n) is 42.7. The monoisotopic (exact) mass is 1640 g/mol. The van der Waals surface area contributed by atoms with E-state index in [0.717, 1.165) is 25.7 Å². The molecule has 1 rings (SSSR count). The predicted molar refractivity (Wildman–Crippen MR) is 429 cm³/mol. The number of carboxylic acids is 2. The standard InChI is InChI=1S/C81H153N7O26/c1-6-8-9-10-11-12-13-14-15-16-17-18-19-20-21-22-23-27-74(90)83-70(28-30-75(91)92)78(95)84-71(29-31-76(93)94)79(96)86-77(69(3)7-2)80(97)85-72(81(98)88-36-34-87(4)35-37-88)26-24-25-33-82-73(89)32-38-100-41-42-102-45-46-104-49-50-106-53-54-108-57-58-110-61-62-112-65-66-114-68-67-113-64-63-111-60-59-109-56-55-107-52-51-105-48-47-103-44-43-101-40-39-99-5/h69-72,77H,6-68H2,1-5H3,(H,82,89)(H,83,90)(H,84,95)(H,85,97)(H,86,96)(H,91,92)(H,93,94)/t69-,70?,71-,72-,77-/m0/s1. The topological polar surface area (TPSA) is 391 Å². The molecule has 0 spiro atoms. The van der Waals surface area contributed by atoms with E-state index in [9.17, 15) is 48.6 Å². The lowest BCUT2D eigenvalue weighted by atomic mass is 9.96. The maximum absolute atomic E-state index is 14.4. The molecule has 0 aliphatic carbocycles. The molecule has 0 aromatic heterocycles. The van der Waals surface area contributed by atoms with E-state index in [1.807, 2.05) is 14.0 Å². The smallest absolute Gasteiger partial charge is 0.303 e. The maximum Gasteiger partial charge on any atom is 0.303 e. The van der Waals surface area contributed by atoms with E-state index >= 15 is 0 Å². The Morgan fingerprint density at radius 2 is 0.640 bits per heavy atom. The van der Waals surface area contributed by atoms with Gasteiger partial charge in [-0.2, -0.15) is 0 Å². The van der Waals surface area contributed by atoms with Crippen molar-refractivity contribution >= 4 is 47.4 Å².